The van der Waals surface area contributed by atoms with Gasteiger partial charge in [0, 0.05) is 59.4 Å². The normalized spacial score (nSPS) is 14.4. The van der Waals surface area contributed by atoms with Gasteiger partial charge in [-0.25, -0.2) is 4.98 Å². The maximum atomic E-state index is 12.5. The summed E-state index contributed by atoms with van der Waals surface area (Å²) in [6.07, 6.45) is 3.01. The van der Waals surface area contributed by atoms with E-state index in [4.69, 9.17) is 0 Å². The number of amides is 2. The summed E-state index contributed by atoms with van der Waals surface area (Å²) in [5.41, 5.74) is 0.943. The van der Waals surface area contributed by atoms with Crippen molar-refractivity contribution in [2.75, 3.05) is 43.4 Å². The molecule has 0 aliphatic carbocycles. The van der Waals surface area contributed by atoms with E-state index in [9.17, 15) is 14.4 Å². The van der Waals surface area contributed by atoms with E-state index in [0.29, 0.717) is 12.2 Å². The molecule has 9 nitrogen and oxygen atoms in total. The van der Waals surface area contributed by atoms with Crippen LogP contribution in [-0.2, 0) is 18.4 Å². The molecule has 3 heterocycles. The van der Waals surface area contributed by atoms with Crippen LogP contribution in [0.3, 0.4) is 0 Å². The van der Waals surface area contributed by atoms with Gasteiger partial charge in [-0.3, -0.25) is 23.9 Å². The highest BCUT2D eigenvalue weighted by Gasteiger charge is 2.21. The van der Waals surface area contributed by atoms with Crippen LogP contribution in [0.15, 0.2) is 35.3 Å². The summed E-state index contributed by atoms with van der Waals surface area (Å²) < 4.78 is 1.54. The fourth-order valence-electron chi connectivity index (χ4n) is 3.72. The Labute approximate surface area is 182 Å². The van der Waals surface area contributed by atoms with Crippen LogP contribution in [0.1, 0.15) is 35.7 Å². The Bertz CT molecular complexity index is 995. The average Bonchev–Trinajstić information content (AvgIpc) is 2.76. The van der Waals surface area contributed by atoms with E-state index in [1.807, 2.05) is 25.1 Å². The Balaban J connectivity index is 1.60. The van der Waals surface area contributed by atoms with Crippen LogP contribution in [0.25, 0.3) is 0 Å². The van der Waals surface area contributed by atoms with Gasteiger partial charge in [-0.2, -0.15) is 0 Å². The molecule has 2 aromatic rings. The fraction of sp³-hybridized carbons (Fsp3) is 0.455. The number of pyridine rings is 2. The van der Waals surface area contributed by atoms with Gasteiger partial charge in [0.2, 0.25) is 5.91 Å². The number of nitrogens with zero attached hydrogens (tertiary/aromatic N) is 4. The van der Waals surface area contributed by atoms with Crippen LogP contribution in [0.2, 0.25) is 0 Å². The molecule has 1 aliphatic heterocycles. The molecule has 0 unspecified atom stereocenters. The third kappa shape index (κ3) is 5.49. The van der Waals surface area contributed by atoms with E-state index >= 15 is 0 Å². The third-order valence-corrected chi connectivity index (χ3v) is 5.42. The molecule has 2 aromatic heterocycles. The molecule has 0 spiro atoms. The summed E-state index contributed by atoms with van der Waals surface area (Å²) in [7, 11) is 3.21. The molecular weight excluding hydrogens is 396 g/mol. The average molecular weight is 427 g/mol. The second-order valence-electron chi connectivity index (χ2n) is 7.66. The molecule has 0 radical (unpaired) electrons. The van der Waals surface area contributed by atoms with Crippen molar-refractivity contribution in [1.82, 2.24) is 19.8 Å². The standard InChI is InChI=1S/C22H30N6O3/c1-4-5-19(29)25-18-14-16(8-9-24-18)15-27-10-12-28(13-11-27)20-7-6-17(21(30)23-2)22(31)26(20)3/h6-9,14H,4-5,10-13,15H2,1-3H3,(H,23,30)(H,24,25,29). The van der Waals surface area contributed by atoms with Crippen molar-refractivity contribution in [2.45, 2.75) is 26.3 Å². The minimum absolute atomic E-state index is 0.0196. The van der Waals surface area contributed by atoms with Crippen LogP contribution < -0.4 is 21.1 Å². The van der Waals surface area contributed by atoms with Crippen LogP contribution in [-0.4, -0.2) is 59.5 Å². The zero-order valence-corrected chi connectivity index (χ0v) is 18.4. The van der Waals surface area contributed by atoms with Crippen molar-refractivity contribution in [3.05, 3.63) is 51.9 Å². The van der Waals surface area contributed by atoms with E-state index in [1.54, 1.807) is 19.3 Å². The summed E-state index contributed by atoms with van der Waals surface area (Å²) in [4.78, 5) is 44.9. The number of carbonyl (C=O) groups is 2. The third-order valence-electron chi connectivity index (χ3n) is 5.42. The Morgan fingerprint density at radius 1 is 1.13 bits per heavy atom. The topological polar surface area (TPSA) is 99.6 Å². The van der Waals surface area contributed by atoms with Crippen molar-refractivity contribution < 1.29 is 9.59 Å². The smallest absolute Gasteiger partial charge is 0.264 e. The van der Waals surface area contributed by atoms with Crippen molar-refractivity contribution in [3.8, 4) is 0 Å². The Morgan fingerprint density at radius 2 is 1.87 bits per heavy atom. The molecule has 3 rings (SSSR count). The highest BCUT2D eigenvalue weighted by atomic mass is 16.2. The van der Waals surface area contributed by atoms with Gasteiger partial charge in [0.05, 0.1) is 0 Å². The first-order valence-corrected chi connectivity index (χ1v) is 10.6. The van der Waals surface area contributed by atoms with Gasteiger partial charge >= 0.3 is 0 Å². The number of carbonyl (C=O) groups excluding carboxylic acids is 2. The lowest BCUT2D eigenvalue weighted by Gasteiger charge is -2.36. The Kier molecular flexibility index (Phi) is 7.41. The lowest BCUT2D eigenvalue weighted by Crippen LogP contribution is -2.47. The minimum atomic E-state index is -0.375. The second kappa shape index (κ2) is 10.2. The van der Waals surface area contributed by atoms with Gasteiger partial charge < -0.3 is 15.5 Å². The van der Waals surface area contributed by atoms with Gasteiger partial charge in [-0.1, -0.05) is 6.92 Å². The molecule has 1 aliphatic rings. The van der Waals surface area contributed by atoms with Crippen molar-refractivity contribution in [2.24, 2.45) is 7.05 Å². The van der Waals surface area contributed by atoms with Crippen LogP contribution >= 0.6 is 0 Å². The molecule has 9 heteroatoms. The summed E-state index contributed by atoms with van der Waals surface area (Å²) in [6, 6.07) is 7.30. The van der Waals surface area contributed by atoms with Crippen molar-refractivity contribution >= 4 is 23.5 Å². The van der Waals surface area contributed by atoms with E-state index in [-0.39, 0.29) is 22.9 Å². The van der Waals surface area contributed by atoms with Crippen molar-refractivity contribution in [3.63, 3.8) is 0 Å². The summed E-state index contributed by atoms with van der Waals surface area (Å²) in [5, 5.41) is 5.34. The minimum Gasteiger partial charge on any atom is -0.355 e. The van der Waals surface area contributed by atoms with E-state index < -0.39 is 0 Å². The summed E-state index contributed by atoms with van der Waals surface area (Å²) >= 11 is 0. The molecule has 2 N–H and O–H groups in total. The van der Waals surface area contributed by atoms with E-state index in [1.165, 1.54) is 11.6 Å². The second-order valence-corrected chi connectivity index (χ2v) is 7.66. The molecule has 2 amide bonds. The van der Waals surface area contributed by atoms with Gasteiger partial charge in [-0.15, -0.1) is 0 Å². The lowest BCUT2D eigenvalue weighted by molar-refractivity contribution is -0.116. The zero-order valence-electron chi connectivity index (χ0n) is 18.4. The molecule has 0 atom stereocenters. The highest BCUT2D eigenvalue weighted by Crippen LogP contribution is 2.17. The quantitative estimate of drug-likeness (QED) is 0.690. The first-order valence-electron chi connectivity index (χ1n) is 10.6. The zero-order chi connectivity index (χ0) is 22.4. The first kappa shape index (κ1) is 22.5. The van der Waals surface area contributed by atoms with Crippen molar-refractivity contribution in [1.29, 1.82) is 0 Å². The lowest BCUT2D eigenvalue weighted by atomic mass is 10.2. The SMILES string of the molecule is CCCC(=O)Nc1cc(CN2CCN(c3ccc(C(=O)NC)c(=O)n3C)CC2)ccn1. The highest BCUT2D eigenvalue weighted by molar-refractivity contribution is 5.93. The number of aromatic nitrogens is 2. The van der Waals surface area contributed by atoms with E-state index in [0.717, 1.165) is 50.5 Å². The molecular formula is C22H30N6O3. The maximum Gasteiger partial charge on any atom is 0.264 e. The first-order chi connectivity index (χ1) is 14.9. The summed E-state index contributed by atoms with van der Waals surface area (Å²) in [6.45, 7) is 5.96. The molecule has 0 bridgehead atoms. The van der Waals surface area contributed by atoms with Crippen LogP contribution in [0, 0.1) is 0 Å². The Morgan fingerprint density at radius 3 is 2.55 bits per heavy atom. The van der Waals surface area contributed by atoms with Gasteiger partial charge in [-0.05, 0) is 36.2 Å². The number of rotatable bonds is 7. The molecule has 166 valence electrons. The van der Waals surface area contributed by atoms with E-state index in [2.05, 4.69) is 25.4 Å². The van der Waals surface area contributed by atoms with Gasteiger partial charge in [0.15, 0.2) is 0 Å². The number of hydrogen-bond acceptors (Lipinski definition) is 6. The van der Waals surface area contributed by atoms with Gasteiger partial charge in [0.1, 0.15) is 17.2 Å². The molecule has 1 saturated heterocycles. The summed E-state index contributed by atoms with van der Waals surface area (Å²) in [5.74, 6) is 0.997. The predicted octanol–water partition coefficient (Wildman–Crippen LogP) is 1.20. The number of piperazine rings is 1. The van der Waals surface area contributed by atoms with Crippen LogP contribution in [0.5, 0.6) is 0 Å². The number of nitrogens with one attached hydrogen (secondary N) is 2. The predicted molar refractivity (Wildman–Crippen MR) is 120 cm³/mol. The molecule has 0 saturated carbocycles. The Hall–Kier alpha value is -3.20. The van der Waals surface area contributed by atoms with Gasteiger partial charge in [0.25, 0.3) is 11.5 Å². The molecule has 0 aromatic carbocycles. The number of anilines is 2. The number of hydrogen-bond donors (Lipinski definition) is 2. The maximum absolute atomic E-state index is 12.5. The monoisotopic (exact) mass is 426 g/mol. The fourth-order valence-corrected chi connectivity index (χ4v) is 3.72. The largest absolute Gasteiger partial charge is 0.355 e. The molecule has 1 fully saturated rings. The van der Waals surface area contributed by atoms with Crippen LogP contribution in [0.4, 0.5) is 11.6 Å². The molecule has 31 heavy (non-hydrogen) atoms.